The molecule has 0 atom stereocenters. The molecule has 67 heavy (non-hydrogen) atoms. The number of benzene rings is 4. The fourth-order valence-corrected chi connectivity index (χ4v) is 6.18. The number of alkyl halides is 12. The number of pyridine rings is 1. The van der Waals surface area contributed by atoms with E-state index in [1.165, 1.54) is 39.6 Å². The Morgan fingerprint density at radius 2 is 1.01 bits per heavy atom. The predicted molar refractivity (Wildman–Crippen MR) is 212 cm³/mol. The molecule has 0 bridgehead atoms. The van der Waals surface area contributed by atoms with Crippen molar-refractivity contribution in [1.82, 2.24) is 29.3 Å². The summed E-state index contributed by atoms with van der Waals surface area (Å²) in [5.41, 5.74) is 3.33. The predicted octanol–water partition coefficient (Wildman–Crippen LogP) is 10.8. The van der Waals surface area contributed by atoms with E-state index in [1.54, 1.807) is 36.6 Å². The van der Waals surface area contributed by atoms with Crippen LogP contribution in [0.4, 0.5) is 52.7 Å². The molecule has 8 aromatic rings. The molecule has 21 heteroatoms. The van der Waals surface area contributed by atoms with Crippen LogP contribution in [-0.2, 0) is 44.8 Å². The summed E-state index contributed by atoms with van der Waals surface area (Å²) < 4.78 is 159. The third-order valence-electron chi connectivity index (χ3n) is 9.79. The van der Waals surface area contributed by atoms with Crippen molar-refractivity contribution in [3.63, 3.8) is 0 Å². The van der Waals surface area contributed by atoms with Crippen molar-refractivity contribution in [3.8, 4) is 34.3 Å². The Labute approximate surface area is 388 Å². The van der Waals surface area contributed by atoms with Gasteiger partial charge in [0, 0.05) is 37.7 Å². The molecule has 0 aliphatic rings. The summed E-state index contributed by atoms with van der Waals surface area (Å²) in [5, 5.41) is 6.25. The van der Waals surface area contributed by atoms with Crippen LogP contribution in [0.5, 0.6) is 0 Å². The van der Waals surface area contributed by atoms with Crippen LogP contribution in [-0.4, -0.2) is 24.2 Å². The van der Waals surface area contributed by atoms with Crippen LogP contribution in [0, 0.1) is 59.4 Å². The fraction of sp³-hybridized carbons (Fsp3) is 0.196. The van der Waals surface area contributed by atoms with Crippen LogP contribution < -0.4 is 14.2 Å². The quantitative estimate of drug-likeness (QED) is 0.0978. The third kappa shape index (κ3) is 12.2. The molecule has 4 aromatic heterocycles. The van der Waals surface area contributed by atoms with Gasteiger partial charge in [-0.1, -0.05) is 42.8 Å². The van der Waals surface area contributed by atoms with Crippen molar-refractivity contribution in [2.45, 2.75) is 59.3 Å². The van der Waals surface area contributed by atoms with E-state index in [1.807, 2.05) is 43.5 Å². The summed E-state index contributed by atoms with van der Waals surface area (Å²) in [7, 11) is 0. The van der Waals surface area contributed by atoms with Gasteiger partial charge in [-0.3, -0.25) is 19.2 Å². The van der Waals surface area contributed by atoms with E-state index in [0.717, 1.165) is 65.1 Å². The Bertz CT molecular complexity index is 2870. The Morgan fingerprint density at radius 1 is 0.537 bits per heavy atom. The summed E-state index contributed by atoms with van der Waals surface area (Å²) in [4.78, 5) is 7.05. The first-order chi connectivity index (χ1) is 30.8. The Balaban J connectivity index is 0.000000194. The van der Waals surface area contributed by atoms with Crippen LogP contribution in [0.15, 0.2) is 109 Å². The second-order valence-electron chi connectivity index (χ2n) is 14.4. The fourth-order valence-electron chi connectivity index (χ4n) is 6.18. The van der Waals surface area contributed by atoms with Crippen molar-refractivity contribution < 1.29 is 81.9 Å². The monoisotopic (exact) mass is 1120 g/mol. The molecule has 353 valence electrons. The second kappa shape index (κ2) is 20.1. The minimum atomic E-state index is -4.57. The van der Waals surface area contributed by atoms with Crippen LogP contribution in [0.1, 0.15) is 50.9 Å². The minimum Gasteiger partial charge on any atom is -0.413 e. The Hall–Kier alpha value is -6.60. The molecular weight excluding hydrogens is 1080 g/mol. The first-order valence-electron chi connectivity index (χ1n) is 19.2. The van der Waals surface area contributed by atoms with Gasteiger partial charge in [0.05, 0.1) is 39.6 Å². The van der Waals surface area contributed by atoms with Gasteiger partial charge in [0.25, 0.3) is 12.7 Å². The number of hydrogen-bond donors (Lipinski definition) is 0. The molecule has 0 unspecified atom stereocenters. The smallest absolute Gasteiger partial charge is 0.413 e. The van der Waals surface area contributed by atoms with E-state index >= 15 is 0 Å². The summed E-state index contributed by atoms with van der Waals surface area (Å²) in [6, 6.07) is 29.2. The summed E-state index contributed by atoms with van der Waals surface area (Å²) in [5.74, 6) is -1.37. The van der Waals surface area contributed by atoms with E-state index in [0.29, 0.717) is 17.1 Å². The van der Waals surface area contributed by atoms with Gasteiger partial charge in [-0.2, -0.15) is 101 Å². The van der Waals surface area contributed by atoms with Crippen molar-refractivity contribution in [3.05, 3.63) is 185 Å². The van der Waals surface area contributed by atoms with E-state index in [-0.39, 0.29) is 43.0 Å². The zero-order valence-electron chi connectivity index (χ0n) is 35.3. The van der Waals surface area contributed by atoms with Crippen LogP contribution in [0.2, 0.25) is 0 Å². The standard InChI is InChI=1S/C19H13F6N2.C19H16F3N2.C8H4F3N4.Ir/c1-12-13(2)27(17-8-4-6-15(10-17)19(23,24)25)11-26(12)16-7-3-5-14(9-16)18(20,21)22;1-13-6-4-8-17(10-13)23-12-24(15(3)14(23)2)18-9-5-7-16(11-18)19(20,21)22;9-8(10,11)7-13-6(14-15-7)5-3-1-2-4-12-5;/h3-7,9-10H,1-2H3;4-7,9-11H,1-3H3;1-4H;/q3*-1;. The number of nitrogens with zero attached hydrogens (tertiary/aromatic N) is 8. The van der Waals surface area contributed by atoms with Crippen molar-refractivity contribution >= 4 is 0 Å². The molecule has 0 fully saturated rings. The largest absolute Gasteiger partial charge is 0.429 e. The molecule has 8 rings (SSSR count). The van der Waals surface area contributed by atoms with Gasteiger partial charge in [0.1, 0.15) is 5.82 Å². The zero-order valence-corrected chi connectivity index (χ0v) is 37.7. The van der Waals surface area contributed by atoms with E-state index in [9.17, 15) is 52.7 Å². The maximum absolute atomic E-state index is 13.0. The number of aromatic nitrogens is 8. The van der Waals surface area contributed by atoms with Crippen LogP contribution in [0.3, 0.4) is 0 Å². The maximum atomic E-state index is 13.0. The average Bonchev–Trinajstić information content (AvgIpc) is 3.97. The molecule has 0 aliphatic heterocycles. The normalized spacial score (nSPS) is 11.8. The van der Waals surface area contributed by atoms with E-state index < -0.39 is 47.2 Å². The molecule has 0 amide bonds. The van der Waals surface area contributed by atoms with Gasteiger partial charge >= 0.3 is 24.7 Å². The average molecular weight is 1120 g/mol. The van der Waals surface area contributed by atoms with E-state index in [2.05, 4.69) is 45.0 Å². The molecular formula is C46H33F12IrN8-3. The Morgan fingerprint density at radius 3 is 1.45 bits per heavy atom. The number of imidazole rings is 2. The van der Waals surface area contributed by atoms with Crippen LogP contribution >= 0.6 is 0 Å². The molecule has 4 heterocycles. The molecule has 0 spiro atoms. The van der Waals surface area contributed by atoms with Crippen molar-refractivity contribution in [1.29, 1.82) is 0 Å². The Kier molecular flexibility index (Phi) is 15.4. The van der Waals surface area contributed by atoms with Gasteiger partial charge in [0.2, 0.25) is 0 Å². The molecule has 1 radical (unpaired) electrons. The molecule has 8 nitrogen and oxygen atoms in total. The number of halogens is 12. The molecule has 0 saturated carbocycles. The number of aryl methyl sites for hydroxylation is 1. The maximum Gasteiger partial charge on any atom is 0.429 e. The van der Waals surface area contributed by atoms with Gasteiger partial charge in [-0.15, -0.1) is 6.07 Å². The van der Waals surface area contributed by atoms with Gasteiger partial charge in [-0.05, 0) is 81.3 Å². The van der Waals surface area contributed by atoms with Gasteiger partial charge < -0.3 is 19.2 Å². The SMILES string of the molecule is Cc1c(C)[n+](-c2cccc(C(F)(F)F)c2)[c-]n1-c1[c-]ccc(C(F)(F)F)c1.Cc1cc[c-]c(-n2[c-][n+](-c3cccc(C(F)(F)F)c3)c(C)c2C)c1.FC(F)(F)c1n[n-]c(-c2ccccn2)n1.[Ir]. The topological polar surface area (TPSA) is 70.4 Å². The molecule has 0 aliphatic carbocycles. The third-order valence-corrected chi connectivity index (χ3v) is 9.79. The van der Waals surface area contributed by atoms with Crippen molar-refractivity contribution in [2.24, 2.45) is 0 Å². The molecule has 4 aromatic carbocycles. The summed E-state index contributed by atoms with van der Waals surface area (Å²) in [6.45, 7) is 9.04. The molecule has 0 saturated heterocycles. The first kappa shape index (κ1) is 51.4. The first-order valence-corrected chi connectivity index (χ1v) is 19.2. The van der Waals surface area contributed by atoms with Gasteiger partial charge in [-0.25, -0.2) is 0 Å². The zero-order chi connectivity index (χ0) is 48.4. The number of hydrogen-bond acceptors (Lipinski definition) is 3. The summed E-state index contributed by atoms with van der Waals surface area (Å²) in [6.07, 6.45) is -10.6. The molecule has 0 N–H and O–H groups in total. The number of rotatable bonds is 5. The van der Waals surface area contributed by atoms with Crippen molar-refractivity contribution in [2.75, 3.05) is 0 Å². The minimum absolute atomic E-state index is 0. The summed E-state index contributed by atoms with van der Waals surface area (Å²) >= 11 is 0. The van der Waals surface area contributed by atoms with Gasteiger partial charge in [0.15, 0.2) is 0 Å². The second-order valence-corrected chi connectivity index (χ2v) is 14.4. The van der Waals surface area contributed by atoms with E-state index in [4.69, 9.17) is 0 Å². The van der Waals surface area contributed by atoms with Crippen LogP contribution in [0.25, 0.3) is 34.3 Å².